The Morgan fingerprint density at radius 1 is 1.24 bits per heavy atom. The number of urea groups is 1. The number of para-hydroxylation sites is 1. The van der Waals surface area contributed by atoms with Gasteiger partial charge in [0.05, 0.1) is 49.9 Å². The first-order valence-electron chi connectivity index (χ1n) is 13.3. The number of nitrogens with zero attached hydrogens (tertiary/aromatic N) is 7. The molecule has 3 amide bonds. The minimum Gasteiger partial charge on any atom is -0.443 e. The number of fused-ring (bicyclic) bond motifs is 2. The lowest BCUT2D eigenvalue weighted by Gasteiger charge is -2.44. The third-order valence-corrected chi connectivity index (χ3v) is 6.66. The molecule has 3 aromatic rings. The highest BCUT2D eigenvalue weighted by Crippen LogP contribution is 2.41. The molecule has 0 aliphatic carbocycles. The molecule has 1 atom stereocenters. The molecule has 0 fully saturated rings. The topological polar surface area (TPSA) is 129 Å². The average Bonchev–Trinajstić information content (AvgIpc) is 3.35. The number of alkyl halides is 2. The van der Waals surface area contributed by atoms with Gasteiger partial charge in [-0.05, 0) is 38.8 Å². The number of benzene rings is 1. The van der Waals surface area contributed by atoms with Crippen LogP contribution in [0.3, 0.4) is 0 Å². The maximum Gasteiger partial charge on any atom is 0.414 e. The Morgan fingerprint density at radius 3 is 2.76 bits per heavy atom. The van der Waals surface area contributed by atoms with Crippen molar-refractivity contribution < 1.29 is 28.2 Å². The van der Waals surface area contributed by atoms with Crippen molar-refractivity contribution in [2.45, 2.75) is 58.3 Å². The van der Waals surface area contributed by atoms with Gasteiger partial charge in [0.15, 0.2) is 0 Å². The van der Waals surface area contributed by atoms with Crippen LogP contribution in [0.4, 0.5) is 41.5 Å². The van der Waals surface area contributed by atoms with Gasteiger partial charge < -0.3 is 20.1 Å². The Kier molecular flexibility index (Phi) is 7.76. The van der Waals surface area contributed by atoms with Gasteiger partial charge in [0, 0.05) is 24.5 Å². The number of aromatic nitrogens is 4. The van der Waals surface area contributed by atoms with Gasteiger partial charge in [-0.1, -0.05) is 18.2 Å². The number of aliphatic hydroxyl groups is 1. The molecule has 41 heavy (non-hydrogen) atoms. The number of aliphatic hydroxyl groups excluding tert-OH is 1. The summed E-state index contributed by atoms with van der Waals surface area (Å²) >= 11 is 0. The second kappa shape index (κ2) is 11.3. The van der Waals surface area contributed by atoms with E-state index in [1.54, 1.807) is 44.0 Å². The summed E-state index contributed by atoms with van der Waals surface area (Å²) in [6, 6.07) is 6.15. The molecular weight excluding hydrogens is 538 g/mol. The average molecular weight is 571 g/mol. The maximum absolute atomic E-state index is 13.8. The summed E-state index contributed by atoms with van der Waals surface area (Å²) in [5.74, 6) is 0.218. The molecule has 1 unspecified atom stereocenters. The van der Waals surface area contributed by atoms with E-state index in [4.69, 9.17) is 9.84 Å². The summed E-state index contributed by atoms with van der Waals surface area (Å²) in [4.78, 5) is 39.5. The zero-order valence-corrected chi connectivity index (χ0v) is 23.0. The Bertz CT molecular complexity index is 1430. The minimum atomic E-state index is -2.80. The highest BCUT2D eigenvalue weighted by molar-refractivity contribution is 5.95. The lowest BCUT2D eigenvalue weighted by Crippen LogP contribution is -2.52. The molecule has 2 aliphatic heterocycles. The molecule has 2 N–H and O–H groups in total. The third-order valence-electron chi connectivity index (χ3n) is 6.66. The summed E-state index contributed by atoms with van der Waals surface area (Å²) in [5, 5.41) is 16.2. The van der Waals surface area contributed by atoms with E-state index in [2.05, 4.69) is 20.4 Å². The molecule has 14 heteroatoms. The van der Waals surface area contributed by atoms with Gasteiger partial charge in [-0.2, -0.15) is 10.1 Å². The van der Waals surface area contributed by atoms with Crippen LogP contribution >= 0.6 is 0 Å². The monoisotopic (exact) mass is 570 g/mol. The van der Waals surface area contributed by atoms with Gasteiger partial charge in [0.25, 0.3) is 6.43 Å². The van der Waals surface area contributed by atoms with Crippen molar-refractivity contribution in [3.63, 3.8) is 0 Å². The summed E-state index contributed by atoms with van der Waals surface area (Å²) in [6.45, 7) is 5.14. The van der Waals surface area contributed by atoms with Gasteiger partial charge in [-0.3, -0.25) is 14.5 Å². The normalized spacial score (nSPS) is 17.0. The molecular formula is C27H32F2N8O4. The first-order valence-corrected chi connectivity index (χ1v) is 13.3. The van der Waals surface area contributed by atoms with Crippen LogP contribution in [0.15, 0.2) is 42.9 Å². The van der Waals surface area contributed by atoms with Crippen molar-refractivity contribution in [1.82, 2.24) is 24.6 Å². The molecule has 1 aromatic carbocycles. The number of carbonyl (C=O) groups is 2. The Balaban J connectivity index is 1.44. The van der Waals surface area contributed by atoms with Crippen LogP contribution in [0.1, 0.15) is 44.4 Å². The summed E-state index contributed by atoms with van der Waals surface area (Å²) in [5.41, 5.74) is 1.69. The third kappa shape index (κ3) is 6.06. The first kappa shape index (κ1) is 28.2. The van der Waals surface area contributed by atoms with E-state index >= 15 is 0 Å². The molecule has 5 rings (SSSR count). The van der Waals surface area contributed by atoms with E-state index in [9.17, 15) is 18.4 Å². The fourth-order valence-corrected chi connectivity index (χ4v) is 5.00. The number of rotatable bonds is 7. The molecule has 0 radical (unpaired) electrons. The minimum absolute atomic E-state index is 0.0812. The molecule has 0 saturated heterocycles. The number of carbonyl (C=O) groups excluding carboxylic acids is 2. The summed E-state index contributed by atoms with van der Waals surface area (Å²) in [6.07, 6.45) is 1.78. The molecule has 2 aliphatic rings. The second-order valence-electron chi connectivity index (χ2n) is 10.8. The lowest BCUT2D eigenvalue weighted by atomic mass is 9.94. The molecule has 0 spiro atoms. The molecule has 0 bridgehead atoms. The van der Waals surface area contributed by atoms with Gasteiger partial charge in [-0.25, -0.2) is 23.4 Å². The van der Waals surface area contributed by atoms with E-state index in [1.807, 2.05) is 12.1 Å². The molecule has 12 nitrogen and oxygen atoms in total. The van der Waals surface area contributed by atoms with E-state index < -0.39 is 36.7 Å². The van der Waals surface area contributed by atoms with Crippen LogP contribution < -0.4 is 15.1 Å². The zero-order valence-electron chi connectivity index (χ0n) is 23.0. The van der Waals surface area contributed by atoms with Crippen molar-refractivity contribution in [2.75, 3.05) is 34.8 Å². The lowest BCUT2D eigenvalue weighted by molar-refractivity contribution is 0.0571. The van der Waals surface area contributed by atoms with Crippen molar-refractivity contribution >= 4 is 35.3 Å². The van der Waals surface area contributed by atoms with Crippen LogP contribution in [-0.2, 0) is 17.8 Å². The fraction of sp³-hybridized carbons (Fsp3) is 0.444. The van der Waals surface area contributed by atoms with Gasteiger partial charge in [0.2, 0.25) is 5.95 Å². The second-order valence-corrected chi connectivity index (χ2v) is 10.8. The fourth-order valence-electron chi connectivity index (χ4n) is 5.00. The van der Waals surface area contributed by atoms with E-state index in [1.165, 1.54) is 22.0 Å². The number of nitrogens with one attached hydrogen (secondary N) is 1. The van der Waals surface area contributed by atoms with E-state index in [-0.39, 0.29) is 31.5 Å². The van der Waals surface area contributed by atoms with Crippen LogP contribution in [0.2, 0.25) is 0 Å². The zero-order chi connectivity index (χ0) is 29.3. The largest absolute Gasteiger partial charge is 0.443 e. The molecule has 0 saturated carbocycles. The predicted octanol–water partition coefficient (Wildman–Crippen LogP) is 4.30. The smallest absolute Gasteiger partial charge is 0.414 e. The van der Waals surface area contributed by atoms with E-state index in [0.29, 0.717) is 29.9 Å². The Hall–Kier alpha value is -4.33. The molecule has 2 aromatic heterocycles. The number of halogens is 2. The van der Waals surface area contributed by atoms with Crippen molar-refractivity contribution in [1.29, 1.82) is 0 Å². The van der Waals surface area contributed by atoms with Crippen LogP contribution in [0.5, 0.6) is 0 Å². The van der Waals surface area contributed by atoms with E-state index in [0.717, 1.165) is 10.5 Å². The number of hydrogen-bond acceptors (Lipinski definition) is 8. The number of hydrogen-bond donors (Lipinski definition) is 2. The number of ether oxygens (including phenoxy) is 1. The van der Waals surface area contributed by atoms with Crippen LogP contribution in [0, 0.1) is 0 Å². The number of amides is 3. The Morgan fingerprint density at radius 2 is 2.02 bits per heavy atom. The van der Waals surface area contributed by atoms with Crippen molar-refractivity contribution in [3.05, 3.63) is 54.0 Å². The van der Waals surface area contributed by atoms with Crippen LogP contribution in [-0.4, -0.2) is 73.6 Å². The molecule has 218 valence electrons. The quantitative estimate of drug-likeness (QED) is 0.430. The van der Waals surface area contributed by atoms with Crippen molar-refractivity contribution in [2.24, 2.45) is 0 Å². The predicted molar refractivity (Wildman–Crippen MR) is 146 cm³/mol. The van der Waals surface area contributed by atoms with Crippen molar-refractivity contribution in [3.8, 4) is 0 Å². The summed E-state index contributed by atoms with van der Waals surface area (Å²) < 4.78 is 34.6. The maximum atomic E-state index is 13.8. The van der Waals surface area contributed by atoms with Gasteiger partial charge in [-0.15, -0.1) is 0 Å². The Labute approximate surface area is 235 Å². The van der Waals surface area contributed by atoms with Crippen LogP contribution in [0.25, 0.3) is 0 Å². The van der Waals surface area contributed by atoms with Gasteiger partial charge >= 0.3 is 12.1 Å². The van der Waals surface area contributed by atoms with Gasteiger partial charge in [0.1, 0.15) is 11.4 Å². The molecule has 4 heterocycles. The highest BCUT2D eigenvalue weighted by atomic mass is 19.3. The number of anilines is 4. The first-order chi connectivity index (χ1) is 19.5. The highest BCUT2D eigenvalue weighted by Gasteiger charge is 2.41. The summed E-state index contributed by atoms with van der Waals surface area (Å²) in [7, 11) is 0. The SMILES string of the molecule is CC(C)(C)OC(=O)N1CCC(N2Cc3cnc(Nc4cnn(CCO)c4)nc3N(CC(F)F)C2=O)c2ccccc21. The standard InChI is InChI=1S/C27H32F2N8O4/c1-27(2,3)41-26(40)35-9-8-21(19-6-4-5-7-20(19)35)36-14-17-12-30-24(32-18-13-31-34(15-18)10-11-38)33-23(17)37(25(36)39)16-22(28)29/h4-7,12-13,15,21-22,38H,8-11,14,16H2,1-3H3,(H,30,32,33).